The standard InChI is InChI=1S/C21H22N4O3/c26-19(15-25-21(27)28-20(23-25)16-7-3-1-4-8-16)22-17-9-11-18(12-10-17)24-13-5-2-6-14-24/h1,3-4,7-12H,2,5-6,13-15H2,(H,22,26). The average molecular weight is 378 g/mol. The van der Waals surface area contributed by atoms with Crippen LogP contribution >= 0.6 is 0 Å². The number of rotatable bonds is 5. The molecule has 1 aliphatic rings. The minimum absolute atomic E-state index is 0.198. The molecule has 28 heavy (non-hydrogen) atoms. The normalized spacial score (nSPS) is 14.1. The molecular formula is C21H22N4O3. The number of hydrogen-bond donors (Lipinski definition) is 1. The van der Waals surface area contributed by atoms with Crippen LogP contribution in [0.25, 0.3) is 11.5 Å². The molecule has 0 unspecified atom stereocenters. The van der Waals surface area contributed by atoms with Crippen molar-refractivity contribution in [1.29, 1.82) is 0 Å². The van der Waals surface area contributed by atoms with Crippen LogP contribution in [0.15, 0.2) is 63.8 Å². The molecule has 1 amide bonds. The van der Waals surface area contributed by atoms with Crippen molar-refractivity contribution in [1.82, 2.24) is 9.78 Å². The van der Waals surface area contributed by atoms with Crippen molar-refractivity contribution < 1.29 is 9.21 Å². The Kier molecular flexibility index (Phi) is 5.23. The lowest BCUT2D eigenvalue weighted by Crippen LogP contribution is -2.29. The number of hydrogen-bond acceptors (Lipinski definition) is 5. The van der Waals surface area contributed by atoms with E-state index in [0.29, 0.717) is 11.3 Å². The highest BCUT2D eigenvalue weighted by atomic mass is 16.4. The van der Waals surface area contributed by atoms with Crippen LogP contribution in [0.5, 0.6) is 0 Å². The fraction of sp³-hybridized carbons (Fsp3) is 0.286. The van der Waals surface area contributed by atoms with Gasteiger partial charge in [0.05, 0.1) is 0 Å². The summed E-state index contributed by atoms with van der Waals surface area (Å²) in [7, 11) is 0. The van der Waals surface area contributed by atoms with E-state index in [1.54, 1.807) is 12.1 Å². The number of amides is 1. The van der Waals surface area contributed by atoms with Crippen LogP contribution in [0, 0.1) is 0 Å². The third kappa shape index (κ3) is 4.14. The predicted molar refractivity (Wildman–Crippen MR) is 107 cm³/mol. The van der Waals surface area contributed by atoms with Crippen LogP contribution in [0.1, 0.15) is 19.3 Å². The lowest BCUT2D eigenvalue weighted by molar-refractivity contribution is -0.117. The van der Waals surface area contributed by atoms with Gasteiger partial charge in [-0.15, -0.1) is 5.10 Å². The summed E-state index contributed by atoms with van der Waals surface area (Å²) in [5, 5.41) is 6.90. The molecule has 0 aliphatic carbocycles. The summed E-state index contributed by atoms with van der Waals surface area (Å²) in [6.45, 7) is 1.94. The Morgan fingerprint density at radius 2 is 1.71 bits per heavy atom. The first kappa shape index (κ1) is 18.0. The van der Waals surface area contributed by atoms with Crippen molar-refractivity contribution in [2.75, 3.05) is 23.3 Å². The SMILES string of the molecule is O=C(Cn1nc(-c2ccccc2)oc1=O)Nc1ccc(N2CCCCC2)cc1. The summed E-state index contributed by atoms with van der Waals surface area (Å²) in [4.78, 5) is 26.6. The van der Waals surface area contributed by atoms with Gasteiger partial charge < -0.3 is 14.6 Å². The molecule has 0 atom stereocenters. The smallest absolute Gasteiger partial charge is 0.388 e. The number of nitrogens with zero attached hydrogens (tertiary/aromatic N) is 3. The van der Waals surface area contributed by atoms with Gasteiger partial charge in [-0.05, 0) is 55.7 Å². The fourth-order valence-electron chi connectivity index (χ4n) is 3.35. The minimum atomic E-state index is -0.658. The molecule has 0 spiro atoms. The first-order chi connectivity index (χ1) is 13.7. The molecule has 1 saturated heterocycles. The van der Waals surface area contributed by atoms with Gasteiger partial charge in [-0.1, -0.05) is 18.2 Å². The fourth-order valence-corrected chi connectivity index (χ4v) is 3.35. The molecule has 1 aliphatic heterocycles. The lowest BCUT2D eigenvalue weighted by atomic mass is 10.1. The van der Waals surface area contributed by atoms with E-state index in [1.165, 1.54) is 19.3 Å². The summed E-state index contributed by atoms with van der Waals surface area (Å²) < 4.78 is 6.17. The Labute approximate surface area is 162 Å². The second-order valence-electron chi connectivity index (χ2n) is 6.84. The van der Waals surface area contributed by atoms with Crippen LogP contribution in [-0.4, -0.2) is 28.8 Å². The monoisotopic (exact) mass is 378 g/mol. The largest absolute Gasteiger partial charge is 0.437 e. The third-order valence-electron chi connectivity index (χ3n) is 4.79. The van der Waals surface area contributed by atoms with Gasteiger partial charge in [0, 0.05) is 30.0 Å². The number of carbonyl (C=O) groups excluding carboxylic acids is 1. The second kappa shape index (κ2) is 8.12. The number of aromatic nitrogens is 2. The first-order valence-electron chi connectivity index (χ1n) is 9.47. The first-order valence-corrected chi connectivity index (χ1v) is 9.47. The molecule has 144 valence electrons. The molecule has 4 rings (SSSR count). The minimum Gasteiger partial charge on any atom is -0.388 e. The number of nitrogens with one attached hydrogen (secondary N) is 1. The molecular weight excluding hydrogens is 356 g/mol. The number of piperidine rings is 1. The molecule has 3 aromatic rings. The number of benzene rings is 2. The lowest BCUT2D eigenvalue weighted by Gasteiger charge is -2.28. The maximum absolute atomic E-state index is 12.3. The molecule has 2 heterocycles. The van der Waals surface area contributed by atoms with E-state index in [0.717, 1.165) is 23.5 Å². The van der Waals surface area contributed by atoms with E-state index in [1.807, 2.05) is 42.5 Å². The van der Waals surface area contributed by atoms with Crippen LogP contribution < -0.4 is 16.0 Å². The Balaban J connectivity index is 1.39. The Morgan fingerprint density at radius 3 is 2.43 bits per heavy atom. The van der Waals surface area contributed by atoms with Gasteiger partial charge in [0.25, 0.3) is 0 Å². The number of carbonyl (C=O) groups is 1. The number of anilines is 2. The van der Waals surface area contributed by atoms with Gasteiger partial charge in [0.15, 0.2) is 0 Å². The van der Waals surface area contributed by atoms with Gasteiger partial charge in [-0.25, -0.2) is 4.79 Å². The second-order valence-corrected chi connectivity index (χ2v) is 6.84. The van der Waals surface area contributed by atoms with Crippen molar-refractivity contribution in [2.45, 2.75) is 25.8 Å². The van der Waals surface area contributed by atoms with Gasteiger partial charge in [-0.3, -0.25) is 4.79 Å². The molecule has 7 nitrogen and oxygen atoms in total. The Morgan fingerprint density at radius 1 is 1.00 bits per heavy atom. The summed E-state index contributed by atoms with van der Waals surface area (Å²) in [5.41, 5.74) is 2.54. The van der Waals surface area contributed by atoms with Crippen LogP contribution in [0.2, 0.25) is 0 Å². The van der Waals surface area contributed by atoms with E-state index < -0.39 is 5.76 Å². The van der Waals surface area contributed by atoms with Gasteiger partial charge in [0.2, 0.25) is 11.8 Å². The molecule has 2 aromatic carbocycles. The van der Waals surface area contributed by atoms with Gasteiger partial charge in [-0.2, -0.15) is 4.68 Å². The van der Waals surface area contributed by atoms with Crippen LogP contribution in [0.4, 0.5) is 11.4 Å². The van der Waals surface area contributed by atoms with Gasteiger partial charge in [0.1, 0.15) is 6.54 Å². The van der Waals surface area contributed by atoms with Crippen LogP contribution in [0.3, 0.4) is 0 Å². The zero-order chi connectivity index (χ0) is 19.3. The third-order valence-corrected chi connectivity index (χ3v) is 4.79. The summed E-state index contributed by atoms with van der Waals surface area (Å²) in [6.07, 6.45) is 3.73. The predicted octanol–water partition coefficient (Wildman–Crippen LogP) is 3.13. The summed E-state index contributed by atoms with van der Waals surface area (Å²) >= 11 is 0. The average Bonchev–Trinajstić information content (AvgIpc) is 3.10. The molecule has 1 N–H and O–H groups in total. The zero-order valence-corrected chi connectivity index (χ0v) is 15.5. The molecule has 0 bridgehead atoms. The van der Waals surface area contributed by atoms with E-state index in [-0.39, 0.29) is 18.3 Å². The highest BCUT2D eigenvalue weighted by molar-refractivity contribution is 5.90. The highest BCUT2D eigenvalue weighted by Crippen LogP contribution is 2.21. The summed E-state index contributed by atoms with van der Waals surface area (Å²) in [6, 6.07) is 16.9. The quantitative estimate of drug-likeness (QED) is 0.738. The maximum Gasteiger partial charge on any atom is 0.437 e. The van der Waals surface area contributed by atoms with E-state index in [2.05, 4.69) is 15.3 Å². The highest BCUT2D eigenvalue weighted by Gasteiger charge is 2.14. The van der Waals surface area contributed by atoms with E-state index in [4.69, 9.17) is 4.42 Å². The van der Waals surface area contributed by atoms with Crippen molar-refractivity contribution >= 4 is 17.3 Å². The molecule has 1 fully saturated rings. The van der Waals surface area contributed by atoms with E-state index in [9.17, 15) is 9.59 Å². The molecule has 0 radical (unpaired) electrons. The van der Waals surface area contributed by atoms with Gasteiger partial charge >= 0.3 is 5.76 Å². The molecule has 1 aromatic heterocycles. The van der Waals surface area contributed by atoms with Crippen molar-refractivity contribution in [3.63, 3.8) is 0 Å². The zero-order valence-electron chi connectivity index (χ0n) is 15.5. The maximum atomic E-state index is 12.3. The van der Waals surface area contributed by atoms with Crippen molar-refractivity contribution in [3.05, 3.63) is 65.1 Å². The van der Waals surface area contributed by atoms with E-state index >= 15 is 0 Å². The topological polar surface area (TPSA) is 80.4 Å². The molecule has 0 saturated carbocycles. The molecule has 7 heteroatoms. The summed E-state index contributed by atoms with van der Waals surface area (Å²) in [5.74, 6) is -0.792. The Bertz CT molecular complexity index is 986. The van der Waals surface area contributed by atoms with Crippen molar-refractivity contribution in [3.8, 4) is 11.5 Å². The van der Waals surface area contributed by atoms with Crippen molar-refractivity contribution in [2.24, 2.45) is 0 Å². The Hall–Kier alpha value is -3.35. The van der Waals surface area contributed by atoms with Crippen LogP contribution in [-0.2, 0) is 11.3 Å².